The van der Waals surface area contributed by atoms with Gasteiger partial charge in [0, 0.05) is 175 Å². The molecule has 0 radical (unpaired) electrons. The van der Waals surface area contributed by atoms with E-state index in [1.54, 1.807) is 61.1 Å². The number of carbonyl (C=O) groups excluding carboxylic acids is 2. The van der Waals surface area contributed by atoms with Crippen molar-refractivity contribution in [3.8, 4) is 58.1 Å². The number of likely N-dealkylation sites (tertiary alicyclic amines) is 2. The van der Waals surface area contributed by atoms with Gasteiger partial charge in [0.25, 0.3) is 5.91 Å². The van der Waals surface area contributed by atoms with E-state index < -0.39 is 36.5 Å². The van der Waals surface area contributed by atoms with Gasteiger partial charge in [0.1, 0.15) is 65.6 Å². The highest BCUT2D eigenvalue weighted by Gasteiger charge is 2.38. The molecule has 0 saturated carbocycles. The van der Waals surface area contributed by atoms with Crippen LogP contribution >= 0.6 is 0 Å². The lowest BCUT2D eigenvalue weighted by Crippen LogP contribution is -2.56. The van der Waals surface area contributed by atoms with Gasteiger partial charge in [0.05, 0.1) is 130 Å². The monoisotopic (exact) mass is 1770 g/mol. The number of alkyl halides is 2. The average Bonchev–Trinajstić information content (AvgIpc) is 1.34. The maximum absolute atomic E-state index is 14.9. The molecule has 130 heavy (non-hydrogen) atoms. The summed E-state index contributed by atoms with van der Waals surface area (Å²) in [6.07, 6.45) is 3.93. The number of pyridine rings is 1. The number of piperazine rings is 3. The number of aliphatic hydroxyl groups is 3. The van der Waals surface area contributed by atoms with Gasteiger partial charge >= 0.3 is 0 Å². The number of nitrogens with zero attached hydrogens (tertiary/aromatic N) is 19. The Morgan fingerprint density at radius 2 is 1.02 bits per heavy atom. The molecule has 7 N–H and O–H groups in total. The molecular weight excluding hydrogens is 1660 g/mol. The van der Waals surface area contributed by atoms with Crippen molar-refractivity contribution in [1.29, 1.82) is 15.8 Å². The predicted molar refractivity (Wildman–Crippen MR) is 492 cm³/mol. The molecular formula is C96H113F2N23O9. The highest BCUT2D eigenvalue weighted by molar-refractivity contribution is 5.81. The summed E-state index contributed by atoms with van der Waals surface area (Å²) < 4.78 is 51.8. The average molecular weight is 1770 g/mol. The second-order valence-electron chi connectivity index (χ2n) is 34.6. The highest BCUT2D eigenvalue weighted by Crippen LogP contribution is 2.37. The van der Waals surface area contributed by atoms with E-state index in [1.807, 2.05) is 36.5 Å². The van der Waals surface area contributed by atoms with Gasteiger partial charge in [-0.2, -0.15) is 15.8 Å². The Labute approximate surface area is 756 Å². The first kappa shape index (κ1) is 90.9. The second-order valence-corrected chi connectivity index (χ2v) is 34.6. The SMILES string of the molecule is CCc1cc(Nc2ccnc(-c3ccc(O[C@H]4CCN(C(=O)[C@H](C)O)C[C@H]4F)c(C#N)c3)n2)cnc1N1CCN(C2COC2)CC1.Cc1cc(Nc2ccnc(-c3ccc(N4C[C@H](O)C[C@@H]4C)c(C#N)c3)n2)ccc1N1CCN(C2COC2)CC1.Cc1cc(Nc2ccnc(-c3ccc(N[C@H]4CCN(C(=O)CCO)C[C@H]4F)c(C#N)c3)n2)ccc1N1CCN(C2COC2)CC1. The minimum Gasteiger partial charge on any atom is -0.486 e. The van der Waals surface area contributed by atoms with Crippen LogP contribution in [0.5, 0.6) is 5.75 Å². The normalized spacial score (nSPS) is 21.3. The molecule has 5 aromatic carbocycles. The summed E-state index contributed by atoms with van der Waals surface area (Å²) in [7, 11) is 0. The molecule has 0 bridgehead atoms. The first-order valence-electron chi connectivity index (χ1n) is 45.1. The van der Waals surface area contributed by atoms with Crippen molar-refractivity contribution in [3.63, 3.8) is 0 Å². The van der Waals surface area contributed by atoms with Gasteiger partial charge in [-0.25, -0.2) is 43.7 Å². The number of ether oxygens (including phenoxy) is 4. The number of nitriles is 3. The maximum atomic E-state index is 14.9. The number of hydrogen-bond donors (Lipinski definition) is 7. The zero-order valence-electron chi connectivity index (χ0n) is 74.1. The summed E-state index contributed by atoms with van der Waals surface area (Å²) in [5, 5.41) is 71.5. The molecule has 0 unspecified atom stereocenters. The van der Waals surface area contributed by atoms with Crippen LogP contribution in [-0.2, 0) is 30.2 Å². The number of anilines is 11. The standard InChI is InChI=1S/C33H39FN8O4.C33H39FN8O3.C30H35N7O2/c1-3-22-15-25(17-37-32(22)41-12-10-40(11-13-41)26-19-45-20-26)38-30-6-8-36-31(39-30)23-4-5-28(24(14-23)16-35)46-29-7-9-42(18-27(29)34)33(44)21(2)43;1-22-16-25(3-5-30(22)41-13-11-40(12-14-41)26-20-45-21-26)37-31-6-9-36-33(39-31)23-2-4-28(24(17-23)18-35)38-29-7-10-42(19-27(29)34)32(44)8-15-43;1-20-13-24(4-6-27(20)36-11-9-35(10-12-36)25-18-39-19-25)33-29-7-8-32-30(34-29)22-3-5-28(23(15-22)16-31)37-17-26(38)14-21(37)2/h4-6,8,14-15,17,21,26-27,29,43H,3,7,9-13,18-20H2,1-2H3,(H,36,38,39);2-6,9,16-17,26-27,29,38,43H,7-8,10-15,19-21H2,1H3,(H,36,37,39);3-8,13,15,21,25-26,38H,9-12,14,17-19H2,1-2H3,(H,32,33,34)/t21-,27+,29-;27-,29+;21-,26+/m010/s1. The molecule has 9 saturated heterocycles. The van der Waals surface area contributed by atoms with Crippen LogP contribution in [0.1, 0.15) is 79.8 Å². The van der Waals surface area contributed by atoms with Crippen LogP contribution in [0.2, 0.25) is 0 Å². The van der Waals surface area contributed by atoms with Gasteiger partial charge in [0.2, 0.25) is 5.91 Å². The first-order chi connectivity index (χ1) is 63.2. The summed E-state index contributed by atoms with van der Waals surface area (Å²) >= 11 is 0. The number of rotatable bonds is 24. The summed E-state index contributed by atoms with van der Waals surface area (Å²) in [4.78, 5) is 76.0. The lowest BCUT2D eigenvalue weighted by molar-refractivity contribution is -0.143. The van der Waals surface area contributed by atoms with Gasteiger partial charge in [0.15, 0.2) is 23.6 Å². The summed E-state index contributed by atoms with van der Waals surface area (Å²) in [6, 6.07) is 44.3. The Morgan fingerprint density at radius 3 is 1.48 bits per heavy atom. The lowest BCUT2D eigenvalue weighted by atomic mass is 10.0. The van der Waals surface area contributed by atoms with Crippen molar-refractivity contribution >= 4 is 74.9 Å². The van der Waals surface area contributed by atoms with Gasteiger partial charge in [-0.1, -0.05) is 6.92 Å². The van der Waals surface area contributed by atoms with Crippen LogP contribution in [0.25, 0.3) is 34.2 Å². The molecule has 9 aliphatic rings. The minimum atomic E-state index is -1.46. The predicted octanol–water partition coefficient (Wildman–Crippen LogP) is 9.80. The third-order valence-corrected chi connectivity index (χ3v) is 25.8. The number of hydrogen-bond acceptors (Lipinski definition) is 30. The van der Waals surface area contributed by atoms with E-state index in [-0.39, 0.29) is 68.4 Å². The number of aryl methyl sites for hydroxylation is 3. The fourth-order valence-electron chi connectivity index (χ4n) is 18.2. The zero-order chi connectivity index (χ0) is 90.5. The molecule has 0 aliphatic carbocycles. The Morgan fingerprint density at radius 1 is 0.546 bits per heavy atom. The molecule has 680 valence electrons. The minimum absolute atomic E-state index is 0.00926. The molecule has 7 atom stereocenters. The maximum Gasteiger partial charge on any atom is 0.251 e. The molecule has 13 heterocycles. The van der Waals surface area contributed by atoms with Crippen molar-refractivity contribution in [2.45, 2.75) is 128 Å². The van der Waals surface area contributed by atoms with Gasteiger partial charge in [-0.3, -0.25) is 24.3 Å². The molecule has 18 rings (SSSR count). The number of aliphatic hydroxyl groups excluding tert-OH is 3. The van der Waals surface area contributed by atoms with Gasteiger partial charge in [-0.15, -0.1) is 0 Å². The molecule has 0 spiro atoms. The number of halogens is 2. The second kappa shape index (κ2) is 42.0. The van der Waals surface area contributed by atoms with E-state index in [2.05, 4.69) is 164 Å². The Kier molecular flexibility index (Phi) is 29.4. The van der Waals surface area contributed by atoms with Crippen molar-refractivity contribution in [2.75, 3.05) is 198 Å². The molecule has 34 heteroatoms. The number of nitrogens with one attached hydrogen (secondary N) is 4. The van der Waals surface area contributed by atoms with E-state index >= 15 is 0 Å². The molecule has 9 aliphatic heterocycles. The van der Waals surface area contributed by atoms with Crippen LogP contribution in [0.4, 0.5) is 71.9 Å². The van der Waals surface area contributed by atoms with Crippen LogP contribution in [0.15, 0.2) is 140 Å². The van der Waals surface area contributed by atoms with E-state index in [9.17, 15) is 44.4 Å². The molecule has 9 fully saturated rings. The molecule has 2 amide bonds. The lowest BCUT2D eigenvalue weighted by Gasteiger charge is -2.43. The van der Waals surface area contributed by atoms with E-state index in [1.165, 1.54) is 39.2 Å². The third-order valence-electron chi connectivity index (χ3n) is 25.8. The van der Waals surface area contributed by atoms with E-state index in [0.29, 0.717) is 107 Å². The Bertz CT molecular complexity index is 5590. The third kappa shape index (κ3) is 21.7. The van der Waals surface area contributed by atoms with Crippen LogP contribution in [-0.4, -0.2) is 305 Å². The topological polar surface area (TPSA) is 371 Å². The summed E-state index contributed by atoms with van der Waals surface area (Å²) in [6.45, 7) is 27.9. The first-order valence-corrected chi connectivity index (χ1v) is 45.1. The number of β-amino-alcohol motifs (C(OH)–C–C–N with tert-alkyl or cyclic N) is 1. The Hall–Kier alpha value is -12.4. The Balaban J connectivity index is 0.000000143. The molecule has 9 aromatic rings. The summed E-state index contributed by atoms with van der Waals surface area (Å²) in [5.74, 6) is 3.84. The van der Waals surface area contributed by atoms with Crippen LogP contribution in [0, 0.1) is 47.8 Å². The van der Waals surface area contributed by atoms with Crippen molar-refractivity contribution in [3.05, 3.63) is 173 Å². The fraction of sp³-hybridized carbons (Fsp3) is 0.458. The van der Waals surface area contributed by atoms with Crippen molar-refractivity contribution < 1.29 is 52.6 Å². The van der Waals surface area contributed by atoms with Crippen molar-refractivity contribution in [1.82, 2.24) is 59.4 Å². The number of piperidine rings is 2. The van der Waals surface area contributed by atoms with E-state index in [4.69, 9.17) is 39.0 Å². The number of benzene rings is 5. The number of aromatic nitrogens is 7. The van der Waals surface area contributed by atoms with Crippen LogP contribution < -0.4 is 45.6 Å². The highest BCUT2D eigenvalue weighted by atomic mass is 19.1. The smallest absolute Gasteiger partial charge is 0.251 e. The van der Waals surface area contributed by atoms with Crippen molar-refractivity contribution in [2.24, 2.45) is 0 Å². The van der Waals surface area contributed by atoms with E-state index in [0.717, 1.165) is 164 Å². The zero-order valence-corrected chi connectivity index (χ0v) is 74.1. The summed E-state index contributed by atoms with van der Waals surface area (Å²) in [5.41, 5.74) is 13.4. The van der Waals surface area contributed by atoms with Gasteiger partial charge in [-0.05, 0) is 179 Å². The quantitative estimate of drug-likeness (QED) is 0.0296. The van der Waals surface area contributed by atoms with Crippen LogP contribution in [0.3, 0.4) is 0 Å². The largest absolute Gasteiger partial charge is 0.486 e. The number of amides is 2. The fourth-order valence-corrected chi connectivity index (χ4v) is 18.2. The number of carbonyl (C=O) groups is 2. The molecule has 4 aromatic heterocycles. The van der Waals surface area contributed by atoms with Gasteiger partial charge < -0.3 is 84.9 Å². The molecule has 32 nitrogen and oxygen atoms in total.